The first-order valence-corrected chi connectivity index (χ1v) is 5.20. The zero-order chi connectivity index (χ0) is 11.5. The normalized spacial score (nSPS) is 10.6. The van der Waals surface area contributed by atoms with Crippen LogP contribution in [-0.2, 0) is 13.5 Å². The molecule has 2 rings (SSSR count). The number of aliphatic hydroxyl groups is 1. The van der Waals surface area contributed by atoms with Gasteiger partial charge in [-0.3, -0.25) is 4.68 Å². The van der Waals surface area contributed by atoms with E-state index in [-0.39, 0.29) is 6.61 Å². The third kappa shape index (κ3) is 2.06. The molecule has 0 aliphatic carbocycles. The molecule has 4 heteroatoms. The van der Waals surface area contributed by atoms with E-state index in [9.17, 15) is 0 Å². The lowest BCUT2D eigenvalue weighted by atomic mass is 10.1. The van der Waals surface area contributed by atoms with E-state index >= 15 is 0 Å². The second-order valence-electron chi connectivity index (χ2n) is 3.75. The standard InChI is InChI=1S/C12H15N3O/c1-15-12(13)8-11(14-15)10-4-2-3-9(7-10)5-6-16/h2-4,7-8,16H,5-6,13H2,1H3. The van der Waals surface area contributed by atoms with E-state index in [2.05, 4.69) is 5.10 Å². The molecular weight excluding hydrogens is 202 g/mol. The molecule has 2 aromatic rings. The quantitative estimate of drug-likeness (QED) is 0.812. The number of hydrogen-bond acceptors (Lipinski definition) is 3. The van der Waals surface area contributed by atoms with Gasteiger partial charge in [0.15, 0.2) is 0 Å². The number of rotatable bonds is 3. The lowest BCUT2D eigenvalue weighted by Crippen LogP contribution is -1.96. The van der Waals surface area contributed by atoms with Gasteiger partial charge in [-0.15, -0.1) is 0 Å². The van der Waals surface area contributed by atoms with E-state index < -0.39 is 0 Å². The Bertz CT molecular complexity index is 471. The van der Waals surface area contributed by atoms with Crippen molar-refractivity contribution in [3.63, 3.8) is 0 Å². The van der Waals surface area contributed by atoms with Crippen molar-refractivity contribution in [2.45, 2.75) is 6.42 Å². The molecule has 4 nitrogen and oxygen atoms in total. The van der Waals surface area contributed by atoms with Gasteiger partial charge in [0.1, 0.15) is 5.82 Å². The summed E-state index contributed by atoms with van der Waals surface area (Å²) in [6.07, 6.45) is 0.663. The first-order valence-electron chi connectivity index (χ1n) is 5.20. The molecule has 0 saturated carbocycles. The molecule has 1 aromatic carbocycles. The Hall–Kier alpha value is -1.81. The summed E-state index contributed by atoms with van der Waals surface area (Å²) in [5, 5.41) is 13.2. The number of nitrogens with zero attached hydrogens (tertiary/aromatic N) is 2. The average Bonchev–Trinajstić information content (AvgIpc) is 2.60. The summed E-state index contributed by atoms with van der Waals surface area (Å²) in [5.74, 6) is 0.641. The fourth-order valence-electron chi connectivity index (χ4n) is 1.64. The summed E-state index contributed by atoms with van der Waals surface area (Å²) in [6.45, 7) is 0.161. The van der Waals surface area contributed by atoms with Crippen LogP contribution in [0.15, 0.2) is 30.3 Å². The van der Waals surface area contributed by atoms with Crippen LogP contribution >= 0.6 is 0 Å². The first kappa shape index (κ1) is 10.7. The Morgan fingerprint density at radius 1 is 1.38 bits per heavy atom. The average molecular weight is 217 g/mol. The van der Waals surface area contributed by atoms with E-state index in [4.69, 9.17) is 10.8 Å². The first-order chi connectivity index (χ1) is 7.70. The molecule has 0 spiro atoms. The molecule has 0 atom stereocenters. The molecule has 0 bridgehead atoms. The smallest absolute Gasteiger partial charge is 0.121 e. The van der Waals surface area contributed by atoms with Crippen molar-refractivity contribution < 1.29 is 5.11 Å². The molecule has 1 heterocycles. The van der Waals surface area contributed by atoms with E-state index in [0.29, 0.717) is 12.2 Å². The zero-order valence-corrected chi connectivity index (χ0v) is 9.22. The molecule has 1 aromatic heterocycles. The lowest BCUT2D eigenvalue weighted by molar-refractivity contribution is 0.299. The summed E-state index contributed by atoms with van der Waals surface area (Å²) >= 11 is 0. The van der Waals surface area contributed by atoms with Gasteiger partial charge in [0, 0.05) is 25.3 Å². The van der Waals surface area contributed by atoms with Crippen LogP contribution in [0.25, 0.3) is 11.3 Å². The van der Waals surface area contributed by atoms with Gasteiger partial charge in [0.25, 0.3) is 0 Å². The van der Waals surface area contributed by atoms with Crippen molar-refractivity contribution in [1.82, 2.24) is 9.78 Å². The van der Waals surface area contributed by atoms with Crippen molar-refractivity contribution in [2.24, 2.45) is 7.05 Å². The maximum absolute atomic E-state index is 8.89. The van der Waals surface area contributed by atoms with Gasteiger partial charge in [-0.2, -0.15) is 5.10 Å². The highest BCUT2D eigenvalue weighted by molar-refractivity contribution is 5.63. The monoisotopic (exact) mass is 217 g/mol. The highest BCUT2D eigenvalue weighted by atomic mass is 16.2. The van der Waals surface area contributed by atoms with E-state index in [1.165, 1.54) is 0 Å². The molecule has 0 saturated heterocycles. The molecule has 0 radical (unpaired) electrons. The lowest BCUT2D eigenvalue weighted by Gasteiger charge is -2.01. The number of nitrogens with two attached hydrogens (primary N) is 1. The number of anilines is 1. The van der Waals surface area contributed by atoms with Crippen LogP contribution in [0.5, 0.6) is 0 Å². The van der Waals surface area contributed by atoms with Crippen molar-refractivity contribution >= 4 is 5.82 Å². The molecule has 0 aliphatic rings. The summed E-state index contributed by atoms with van der Waals surface area (Å²) < 4.78 is 1.65. The van der Waals surface area contributed by atoms with Crippen molar-refractivity contribution in [2.75, 3.05) is 12.3 Å². The van der Waals surface area contributed by atoms with Crippen LogP contribution < -0.4 is 5.73 Å². The third-order valence-electron chi connectivity index (χ3n) is 2.54. The Morgan fingerprint density at radius 2 is 2.19 bits per heavy atom. The highest BCUT2D eigenvalue weighted by Gasteiger charge is 2.05. The van der Waals surface area contributed by atoms with E-state index in [1.54, 1.807) is 4.68 Å². The van der Waals surface area contributed by atoms with Crippen molar-refractivity contribution in [3.8, 4) is 11.3 Å². The second kappa shape index (κ2) is 4.37. The minimum atomic E-state index is 0.161. The van der Waals surface area contributed by atoms with Crippen LogP contribution in [0.2, 0.25) is 0 Å². The Kier molecular flexibility index (Phi) is 2.92. The van der Waals surface area contributed by atoms with E-state index in [1.807, 2.05) is 37.4 Å². The summed E-state index contributed by atoms with van der Waals surface area (Å²) in [5.41, 5.74) is 8.72. The summed E-state index contributed by atoms with van der Waals surface area (Å²) in [7, 11) is 1.82. The van der Waals surface area contributed by atoms with Crippen LogP contribution in [0.4, 0.5) is 5.82 Å². The fraction of sp³-hybridized carbons (Fsp3) is 0.250. The predicted molar refractivity (Wildman–Crippen MR) is 63.8 cm³/mol. The minimum Gasteiger partial charge on any atom is -0.396 e. The maximum atomic E-state index is 8.89. The number of aliphatic hydroxyl groups excluding tert-OH is 1. The van der Waals surface area contributed by atoms with Crippen LogP contribution in [0.3, 0.4) is 0 Å². The maximum Gasteiger partial charge on any atom is 0.121 e. The van der Waals surface area contributed by atoms with Gasteiger partial charge in [0.05, 0.1) is 5.69 Å². The summed E-state index contributed by atoms with van der Waals surface area (Å²) in [6, 6.07) is 9.82. The Labute approximate surface area is 94.3 Å². The number of aromatic nitrogens is 2. The summed E-state index contributed by atoms with van der Waals surface area (Å²) in [4.78, 5) is 0. The number of nitrogen functional groups attached to an aromatic ring is 1. The molecular formula is C12H15N3O. The van der Waals surface area contributed by atoms with Gasteiger partial charge in [-0.05, 0) is 18.1 Å². The molecule has 0 unspecified atom stereocenters. The molecule has 84 valence electrons. The molecule has 16 heavy (non-hydrogen) atoms. The molecule has 0 aliphatic heterocycles. The third-order valence-corrected chi connectivity index (χ3v) is 2.54. The number of hydrogen-bond donors (Lipinski definition) is 2. The van der Waals surface area contributed by atoms with Gasteiger partial charge >= 0.3 is 0 Å². The van der Waals surface area contributed by atoms with Gasteiger partial charge in [-0.25, -0.2) is 0 Å². The topological polar surface area (TPSA) is 64.1 Å². The molecule has 3 N–H and O–H groups in total. The Morgan fingerprint density at radius 3 is 2.81 bits per heavy atom. The Balaban J connectivity index is 2.36. The van der Waals surface area contributed by atoms with E-state index in [0.717, 1.165) is 16.8 Å². The van der Waals surface area contributed by atoms with Crippen molar-refractivity contribution in [3.05, 3.63) is 35.9 Å². The number of benzene rings is 1. The second-order valence-corrected chi connectivity index (χ2v) is 3.75. The van der Waals surface area contributed by atoms with Crippen LogP contribution in [0, 0.1) is 0 Å². The SMILES string of the molecule is Cn1nc(-c2cccc(CCO)c2)cc1N. The van der Waals surface area contributed by atoms with Gasteiger partial charge in [0.2, 0.25) is 0 Å². The predicted octanol–water partition coefficient (Wildman–Crippen LogP) is 1.20. The van der Waals surface area contributed by atoms with Gasteiger partial charge in [-0.1, -0.05) is 18.2 Å². The van der Waals surface area contributed by atoms with Gasteiger partial charge < -0.3 is 10.8 Å². The highest BCUT2D eigenvalue weighted by Crippen LogP contribution is 2.20. The fourth-order valence-corrected chi connectivity index (χ4v) is 1.64. The molecule has 0 amide bonds. The van der Waals surface area contributed by atoms with Crippen molar-refractivity contribution in [1.29, 1.82) is 0 Å². The zero-order valence-electron chi connectivity index (χ0n) is 9.22. The van der Waals surface area contributed by atoms with Crippen LogP contribution in [0.1, 0.15) is 5.56 Å². The number of aryl methyl sites for hydroxylation is 1. The molecule has 0 fully saturated rings. The minimum absolute atomic E-state index is 0.161. The largest absolute Gasteiger partial charge is 0.396 e. The van der Waals surface area contributed by atoms with Crippen LogP contribution in [-0.4, -0.2) is 21.5 Å².